The summed E-state index contributed by atoms with van der Waals surface area (Å²) in [6.45, 7) is 0. The predicted molar refractivity (Wildman–Crippen MR) is 42.8 cm³/mol. The molecule has 1 rings (SSSR count). The van der Waals surface area contributed by atoms with E-state index in [1.54, 1.807) is 17.5 Å². The molecule has 0 amide bonds. The van der Waals surface area contributed by atoms with Crippen LogP contribution in [-0.4, -0.2) is 17.2 Å². The van der Waals surface area contributed by atoms with Gasteiger partial charge in [-0.05, 0) is 11.4 Å². The van der Waals surface area contributed by atoms with Crippen LogP contribution >= 0.6 is 11.3 Å². The van der Waals surface area contributed by atoms with Gasteiger partial charge in [-0.15, -0.1) is 11.3 Å². The van der Waals surface area contributed by atoms with E-state index in [2.05, 4.69) is 4.99 Å². The van der Waals surface area contributed by atoms with Gasteiger partial charge in [-0.3, -0.25) is 0 Å². The van der Waals surface area contributed by atoms with E-state index in [1.165, 1.54) is 17.4 Å². The number of carbonyl (C=O) groups is 1. The van der Waals surface area contributed by atoms with Crippen LogP contribution in [0, 0.1) is 0 Å². The van der Waals surface area contributed by atoms with Crippen LogP contribution in [-0.2, 0) is 9.59 Å². The molecule has 1 aromatic rings. The molecule has 5 heteroatoms. The number of hydrogen-bond donors (Lipinski definition) is 1. The van der Waals surface area contributed by atoms with Crippen LogP contribution < -0.4 is 0 Å². The number of aliphatic imine (C=N–C) groups is 1. The van der Waals surface area contributed by atoms with Crippen LogP contribution in [0.25, 0.3) is 0 Å². The summed E-state index contributed by atoms with van der Waals surface area (Å²) in [6.07, 6.45) is 1.24. The quantitative estimate of drug-likeness (QED) is 0.565. The maximum absolute atomic E-state index is 10.5. The molecule has 0 aliphatic heterocycles. The second kappa shape index (κ2) is 3.80. The first-order valence-corrected chi connectivity index (χ1v) is 3.97. The monoisotopic (exact) mass is 183 g/mol. The summed E-state index contributed by atoms with van der Waals surface area (Å²) in [4.78, 5) is 24.1. The van der Waals surface area contributed by atoms with Gasteiger partial charge >= 0.3 is 5.97 Å². The van der Waals surface area contributed by atoms with Gasteiger partial charge in [0.15, 0.2) is 6.04 Å². The average molecular weight is 183 g/mol. The van der Waals surface area contributed by atoms with Gasteiger partial charge in [-0.2, -0.15) is 4.99 Å². The highest BCUT2D eigenvalue weighted by atomic mass is 32.1. The average Bonchev–Trinajstić information content (AvgIpc) is 2.51. The summed E-state index contributed by atoms with van der Waals surface area (Å²) in [7, 11) is 0. The molecule has 1 aromatic heterocycles. The standard InChI is InChI=1S/C7H5NO3S/c9-4-8-6(7(10)11)5-2-1-3-12-5/h1-3,6H,(H,10,11). The van der Waals surface area contributed by atoms with Gasteiger partial charge in [0, 0.05) is 4.88 Å². The Kier molecular flexibility index (Phi) is 2.74. The fourth-order valence-electron chi connectivity index (χ4n) is 0.740. The van der Waals surface area contributed by atoms with Gasteiger partial charge in [0.1, 0.15) is 0 Å². The lowest BCUT2D eigenvalue weighted by Crippen LogP contribution is -2.06. The Hall–Kier alpha value is -1.45. The number of isocyanates is 1. The van der Waals surface area contributed by atoms with Gasteiger partial charge < -0.3 is 5.11 Å². The van der Waals surface area contributed by atoms with Crippen molar-refractivity contribution in [3.8, 4) is 0 Å². The maximum atomic E-state index is 10.5. The zero-order valence-corrected chi connectivity index (χ0v) is 6.75. The smallest absolute Gasteiger partial charge is 0.334 e. The highest BCUT2D eigenvalue weighted by Gasteiger charge is 2.19. The summed E-state index contributed by atoms with van der Waals surface area (Å²) < 4.78 is 0. The minimum absolute atomic E-state index is 0.533. The van der Waals surface area contributed by atoms with E-state index in [9.17, 15) is 9.59 Å². The van der Waals surface area contributed by atoms with Gasteiger partial charge in [0.25, 0.3) is 0 Å². The summed E-state index contributed by atoms with van der Waals surface area (Å²) in [5, 5.41) is 10.3. The Morgan fingerprint density at radius 3 is 2.92 bits per heavy atom. The molecule has 0 radical (unpaired) electrons. The predicted octanol–water partition coefficient (Wildman–Crippen LogP) is 1.21. The van der Waals surface area contributed by atoms with Gasteiger partial charge in [-0.25, -0.2) is 9.59 Å². The molecule has 0 saturated heterocycles. The number of carboxylic acid groups (broad SMARTS) is 1. The zero-order valence-electron chi connectivity index (χ0n) is 5.93. The minimum atomic E-state index is -1.14. The first kappa shape index (κ1) is 8.64. The molecule has 1 atom stereocenters. The van der Waals surface area contributed by atoms with E-state index in [-0.39, 0.29) is 0 Å². The van der Waals surface area contributed by atoms with Gasteiger partial charge in [-0.1, -0.05) is 6.07 Å². The highest BCUT2D eigenvalue weighted by molar-refractivity contribution is 7.10. The third kappa shape index (κ3) is 1.78. The van der Waals surface area contributed by atoms with Crippen molar-refractivity contribution < 1.29 is 14.7 Å². The zero-order chi connectivity index (χ0) is 8.97. The van der Waals surface area contributed by atoms with Crippen LogP contribution in [0.1, 0.15) is 10.9 Å². The van der Waals surface area contributed by atoms with E-state index < -0.39 is 12.0 Å². The second-order valence-corrected chi connectivity index (χ2v) is 2.96. The maximum Gasteiger partial charge on any atom is 0.334 e. The number of carbonyl (C=O) groups excluding carboxylic acids is 1. The molecule has 1 N–H and O–H groups in total. The molecule has 1 heterocycles. The Labute approximate surface area is 72.2 Å². The van der Waals surface area contributed by atoms with Crippen molar-refractivity contribution in [2.45, 2.75) is 6.04 Å². The third-order valence-corrected chi connectivity index (χ3v) is 2.15. The molecule has 0 fully saturated rings. The van der Waals surface area contributed by atoms with Crippen molar-refractivity contribution in [3.63, 3.8) is 0 Å². The molecule has 0 spiro atoms. The first-order chi connectivity index (χ1) is 5.75. The van der Waals surface area contributed by atoms with Crippen LogP contribution in [0.3, 0.4) is 0 Å². The normalized spacial score (nSPS) is 11.7. The number of carboxylic acids is 1. The van der Waals surface area contributed by atoms with Crippen molar-refractivity contribution in [2.24, 2.45) is 4.99 Å². The van der Waals surface area contributed by atoms with Gasteiger partial charge in [0.2, 0.25) is 6.08 Å². The Morgan fingerprint density at radius 1 is 1.75 bits per heavy atom. The lowest BCUT2D eigenvalue weighted by Gasteiger charge is -1.99. The molecule has 1 unspecified atom stereocenters. The fraction of sp³-hybridized carbons (Fsp3) is 0.143. The molecule has 0 aliphatic carbocycles. The van der Waals surface area contributed by atoms with Crippen LogP contribution in [0.4, 0.5) is 0 Å². The number of nitrogens with zero attached hydrogens (tertiary/aromatic N) is 1. The first-order valence-electron chi connectivity index (χ1n) is 3.09. The van der Waals surface area contributed by atoms with Crippen molar-refractivity contribution in [3.05, 3.63) is 22.4 Å². The summed E-state index contributed by atoms with van der Waals surface area (Å²) >= 11 is 1.25. The second-order valence-electron chi connectivity index (χ2n) is 1.98. The lowest BCUT2D eigenvalue weighted by molar-refractivity contribution is -0.138. The number of rotatable bonds is 3. The van der Waals surface area contributed by atoms with Crippen molar-refractivity contribution in [1.29, 1.82) is 0 Å². The largest absolute Gasteiger partial charge is 0.479 e. The Morgan fingerprint density at radius 2 is 2.50 bits per heavy atom. The van der Waals surface area contributed by atoms with Crippen LogP contribution in [0.5, 0.6) is 0 Å². The Bertz CT molecular complexity index is 311. The van der Waals surface area contributed by atoms with Gasteiger partial charge in [0.05, 0.1) is 0 Å². The van der Waals surface area contributed by atoms with Crippen LogP contribution in [0.2, 0.25) is 0 Å². The molecule has 4 nitrogen and oxygen atoms in total. The molecule has 0 aromatic carbocycles. The number of hydrogen-bond acceptors (Lipinski definition) is 4. The third-order valence-electron chi connectivity index (χ3n) is 1.23. The van der Waals surface area contributed by atoms with Crippen molar-refractivity contribution in [2.75, 3.05) is 0 Å². The van der Waals surface area contributed by atoms with E-state index >= 15 is 0 Å². The summed E-state index contributed by atoms with van der Waals surface area (Å²) in [5.41, 5.74) is 0. The molecular weight excluding hydrogens is 178 g/mol. The van der Waals surface area contributed by atoms with Crippen molar-refractivity contribution >= 4 is 23.4 Å². The molecule has 0 aliphatic rings. The molecule has 0 bridgehead atoms. The number of aliphatic carboxylic acids is 1. The van der Waals surface area contributed by atoms with E-state index in [0.29, 0.717) is 4.88 Å². The highest BCUT2D eigenvalue weighted by Crippen LogP contribution is 2.21. The molecule has 62 valence electrons. The topological polar surface area (TPSA) is 66.7 Å². The molecule has 0 saturated carbocycles. The fourth-order valence-corrected chi connectivity index (χ4v) is 1.49. The van der Waals surface area contributed by atoms with E-state index in [4.69, 9.17) is 5.11 Å². The molecule has 12 heavy (non-hydrogen) atoms. The van der Waals surface area contributed by atoms with E-state index in [1.807, 2.05) is 0 Å². The minimum Gasteiger partial charge on any atom is -0.479 e. The molecular formula is C7H5NO3S. The summed E-state index contributed by atoms with van der Waals surface area (Å²) in [6, 6.07) is 2.23. The Balaban J connectivity index is 2.95. The number of thiophene rings is 1. The van der Waals surface area contributed by atoms with Crippen molar-refractivity contribution in [1.82, 2.24) is 0 Å². The summed E-state index contributed by atoms with van der Waals surface area (Å²) in [5.74, 6) is -1.14. The van der Waals surface area contributed by atoms with E-state index in [0.717, 1.165) is 0 Å². The van der Waals surface area contributed by atoms with Crippen LogP contribution in [0.15, 0.2) is 22.5 Å². The lowest BCUT2D eigenvalue weighted by atomic mass is 10.2. The SMILES string of the molecule is O=C=NC(C(=O)O)c1cccs1.